The molecule has 0 saturated heterocycles. The van der Waals surface area contributed by atoms with Crippen LogP contribution in [0.3, 0.4) is 0 Å². The Morgan fingerprint density at radius 1 is 1.29 bits per heavy atom. The minimum absolute atomic E-state index is 0.00193. The van der Waals surface area contributed by atoms with Gasteiger partial charge in [-0.05, 0) is 18.1 Å². The first-order valence-corrected chi connectivity index (χ1v) is 5.65. The number of allylic oxidation sites excluding steroid dienone is 2. The minimum atomic E-state index is -0.309. The van der Waals surface area contributed by atoms with Gasteiger partial charge in [0.25, 0.3) is 0 Å². The third-order valence-corrected chi connectivity index (χ3v) is 2.73. The van der Waals surface area contributed by atoms with Crippen LogP contribution in [0.1, 0.15) is 18.4 Å². The maximum absolute atomic E-state index is 11.7. The zero-order valence-corrected chi connectivity index (χ0v) is 9.46. The zero-order chi connectivity index (χ0) is 12.1. The Morgan fingerprint density at radius 2 is 2.06 bits per heavy atom. The number of benzene rings is 1. The van der Waals surface area contributed by atoms with Crippen LogP contribution in [0.4, 0.5) is 0 Å². The Labute approximate surface area is 100 Å². The summed E-state index contributed by atoms with van der Waals surface area (Å²) >= 11 is 0. The lowest BCUT2D eigenvalue weighted by Gasteiger charge is -2.15. The van der Waals surface area contributed by atoms with E-state index in [9.17, 15) is 9.59 Å². The summed E-state index contributed by atoms with van der Waals surface area (Å²) in [5.41, 5.74) is 0.957. The SMILES string of the molecule is O=C1C=CCC(C(=O)OCc2ccccc2)C1. The summed E-state index contributed by atoms with van der Waals surface area (Å²) in [6, 6.07) is 9.51. The van der Waals surface area contributed by atoms with Gasteiger partial charge < -0.3 is 4.74 Å². The fraction of sp³-hybridized carbons (Fsp3) is 0.286. The molecule has 2 rings (SSSR count). The molecule has 0 amide bonds. The van der Waals surface area contributed by atoms with E-state index in [-0.39, 0.29) is 30.7 Å². The molecule has 0 radical (unpaired) electrons. The van der Waals surface area contributed by atoms with Crippen LogP contribution >= 0.6 is 0 Å². The van der Waals surface area contributed by atoms with Crippen LogP contribution in [-0.4, -0.2) is 11.8 Å². The average Bonchev–Trinajstić information content (AvgIpc) is 2.37. The van der Waals surface area contributed by atoms with Crippen molar-refractivity contribution in [1.29, 1.82) is 0 Å². The van der Waals surface area contributed by atoms with E-state index in [2.05, 4.69) is 0 Å². The molecule has 0 aromatic heterocycles. The first-order valence-electron chi connectivity index (χ1n) is 5.65. The second-order valence-electron chi connectivity index (χ2n) is 4.10. The molecule has 0 spiro atoms. The van der Waals surface area contributed by atoms with E-state index < -0.39 is 0 Å². The van der Waals surface area contributed by atoms with E-state index in [0.717, 1.165) is 5.56 Å². The summed E-state index contributed by atoms with van der Waals surface area (Å²) < 4.78 is 5.19. The molecule has 0 N–H and O–H groups in total. The van der Waals surface area contributed by atoms with Gasteiger partial charge >= 0.3 is 5.97 Å². The quantitative estimate of drug-likeness (QED) is 0.748. The van der Waals surface area contributed by atoms with Crippen LogP contribution in [0, 0.1) is 5.92 Å². The van der Waals surface area contributed by atoms with E-state index in [1.807, 2.05) is 30.3 Å². The summed E-state index contributed by atoms with van der Waals surface area (Å²) in [6.45, 7) is 0.272. The predicted molar refractivity (Wildman–Crippen MR) is 63.1 cm³/mol. The normalized spacial score (nSPS) is 19.1. The summed E-state index contributed by atoms with van der Waals surface area (Å²) in [6.07, 6.45) is 4.13. The molecular weight excluding hydrogens is 216 g/mol. The van der Waals surface area contributed by atoms with Crippen LogP contribution in [0.5, 0.6) is 0 Å². The van der Waals surface area contributed by atoms with Gasteiger partial charge in [0.1, 0.15) is 6.61 Å². The molecule has 1 aliphatic rings. The molecule has 0 saturated carbocycles. The Hall–Kier alpha value is -1.90. The molecular formula is C14H14O3. The van der Waals surface area contributed by atoms with Gasteiger partial charge in [-0.2, -0.15) is 0 Å². The van der Waals surface area contributed by atoms with E-state index in [1.165, 1.54) is 6.08 Å². The Balaban J connectivity index is 1.86. The maximum atomic E-state index is 11.7. The fourth-order valence-electron chi connectivity index (χ4n) is 1.78. The van der Waals surface area contributed by atoms with Crippen molar-refractivity contribution in [2.75, 3.05) is 0 Å². The van der Waals surface area contributed by atoms with Gasteiger partial charge in [0.15, 0.2) is 5.78 Å². The van der Waals surface area contributed by atoms with Crippen LogP contribution in [0.2, 0.25) is 0 Å². The molecule has 1 atom stereocenters. The van der Waals surface area contributed by atoms with Crippen molar-refractivity contribution < 1.29 is 14.3 Å². The predicted octanol–water partition coefficient (Wildman–Crippen LogP) is 2.27. The van der Waals surface area contributed by atoms with Crippen molar-refractivity contribution in [2.24, 2.45) is 5.92 Å². The molecule has 1 aromatic carbocycles. The third-order valence-electron chi connectivity index (χ3n) is 2.73. The van der Waals surface area contributed by atoms with Crippen LogP contribution in [0.25, 0.3) is 0 Å². The van der Waals surface area contributed by atoms with E-state index in [4.69, 9.17) is 4.74 Å². The molecule has 0 aliphatic heterocycles. The van der Waals surface area contributed by atoms with Crippen molar-refractivity contribution in [3.8, 4) is 0 Å². The van der Waals surface area contributed by atoms with Crippen molar-refractivity contribution >= 4 is 11.8 Å². The molecule has 0 fully saturated rings. The van der Waals surface area contributed by atoms with Gasteiger partial charge in [-0.15, -0.1) is 0 Å². The second kappa shape index (κ2) is 5.43. The second-order valence-corrected chi connectivity index (χ2v) is 4.10. The summed E-state index contributed by atoms with van der Waals surface area (Å²) in [5.74, 6) is -0.597. The molecule has 0 bridgehead atoms. The van der Waals surface area contributed by atoms with E-state index in [1.54, 1.807) is 6.08 Å². The highest BCUT2D eigenvalue weighted by atomic mass is 16.5. The van der Waals surface area contributed by atoms with Crippen LogP contribution in [-0.2, 0) is 20.9 Å². The van der Waals surface area contributed by atoms with Gasteiger partial charge in [-0.3, -0.25) is 9.59 Å². The first-order chi connectivity index (χ1) is 8.25. The Morgan fingerprint density at radius 3 is 2.76 bits per heavy atom. The Bertz CT molecular complexity index is 434. The third kappa shape index (κ3) is 3.28. The summed E-state index contributed by atoms with van der Waals surface area (Å²) in [4.78, 5) is 22.9. The molecule has 88 valence electrons. The van der Waals surface area contributed by atoms with Gasteiger partial charge in [0, 0.05) is 6.42 Å². The number of carbonyl (C=O) groups is 2. The summed E-state index contributed by atoms with van der Waals surface area (Å²) in [7, 11) is 0. The lowest BCUT2D eigenvalue weighted by atomic mass is 9.94. The number of rotatable bonds is 3. The topological polar surface area (TPSA) is 43.4 Å². The average molecular weight is 230 g/mol. The lowest BCUT2D eigenvalue weighted by molar-refractivity contribution is -0.151. The number of carbonyl (C=O) groups excluding carboxylic acids is 2. The molecule has 1 aliphatic carbocycles. The molecule has 1 aromatic rings. The van der Waals surface area contributed by atoms with E-state index >= 15 is 0 Å². The number of hydrogen-bond acceptors (Lipinski definition) is 3. The standard InChI is InChI=1S/C14H14O3/c15-13-8-4-7-12(9-13)14(16)17-10-11-5-2-1-3-6-11/h1-6,8,12H,7,9-10H2. The first kappa shape index (κ1) is 11.6. The molecule has 3 heteroatoms. The number of ether oxygens (including phenoxy) is 1. The van der Waals surface area contributed by atoms with Gasteiger partial charge in [-0.1, -0.05) is 36.4 Å². The maximum Gasteiger partial charge on any atom is 0.310 e. The van der Waals surface area contributed by atoms with Crippen molar-refractivity contribution in [3.63, 3.8) is 0 Å². The largest absolute Gasteiger partial charge is 0.461 e. The van der Waals surface area contributed by atoms with Gasteiger partial charge in [-0.25, -0.2) is 0 Å². The monoisotopic (exact) mass is 230 g/mol. The highest BCUT2D eigenvalue weighted by molar-refractivity contribution is 5.93. The molecule has 3 nitrogen and oxygen atoms in total. The highest BCUT2D eigenvalue weighted by Crippen LogP contribution is 2.18. The van der Waals surface area contributed by atoms with Crippen molar-refractivity contribution in [1.82, 2.24) is 0 Å². The zero-order valence-electron chi connectivity index (χ0n) is 9.46. The van der Waals surface area contributed by atoms with Gasteiger partial charge in [0.05, 0.1) is 5.92 Å². The molecule has 1 unspecified atom stereocenters. The minimum Gasteiger partial charge on any atom is -0.461 e. The van der Waals surface area contributed by atoms with E-state index in [0.29, 0.717) is 6.42 Å². The number of hydrogen-bond donors (Lipinski definition) is 0. The number of esters is 1. The highest BCUT2D eigenvalue weighted by Gasteiger charge is 2.23. The van der Waals surface area contributed by atoms with Crippen molar-refractivity contribution in [3.05, 3.63) is 48.0 Å². The lowest BCUT2D eigenvalue weighted by Crippen LogP contribution is -2.22. The molecule has 0 heterocycles. The fourth-order valence-corrected chi connectivity index (χ4v) is 1.78. The summed E-state index contributed by atoms with van der Waals surface area (Å²) in [5, 5.41) is 0. The van der Waals surface area contributed by atoms with Crippen LogP contribution in [0.15, 0.2) is 42.5 Å². The van der Waals surface area contributed by atoms with Crippen LogP contribution < -0.4 is 0 Å². The smallest absolute Gasteiger partial charge is 0.310 e. The molecule has 17 heavy (non-hydrogen) atoms. The number of ketones is 1. The Kier molecular flexibility index (Phi) is 3.70. The van der Waals surface area contributed by atoms with Gasteiger partial charge in [0.2, 0.25) is 0 Å². The van der Waals surface area contributed by atoms with Crippen molar-refractivity contribution in [2.45, 2.75) is 19.4 Å².